The highest BCUT2D eigenvalue weighted by molar-refractivity contribution is 6.31. The molecule has 31 heavy (non-hydrogen) atoms. The first-order valence-electron chi connectivity index (χ1n) is 10.0. The molecule has 2 aromatic carbocycles. The number of halogens is 1. The number of nitrogens with zero attached hydrogens (tertiary/aromatic N) is 3. The highest BCUT2D eigenvalue weighted by Gasteiger charge is 2.32. The van der Waals surface area contributed by atoms with Crippen LogP contribution < -0.4 is 15.7 Å². The Kier molecular flexibility index (Phi) is 6.18. The highest BCUT2D eigenvalue weighted by atomic mass is 35.5. The van der Waals surface area contributed by atoms with Gasteiger partial charge in [-0.1, -0.05) is 60.1 Å². The summed E-state index contributed by atoms with van der Waals surface area (Å²) in [6.07, 6.45) is 0.767. The number of hydrogen-bond donors (Lipinski definition) is 2. The number of anilines is 2. The molecule has 0 radical (unpaired) electrons. The summed E-state index contributed by atoms with van der Waals surface area (Å²) in [6.45, 7) is 0. The molecule has 8 nitrogen and oxygen atoms in total. The first kappa shape index (κ1) is 20.9. The molecule has 2 atom stereocenters. The minimum atomic E-state index is -1.18. The van der Waals surface area contributed by atoms with Crippen LogP contribution in [0.15, 0.2) is 54.6 Å². The van der Waals surface area contributed by atoms with Crippen LogP contribution in [0.5, 0.6) is 0 Å². The molecule has 160 valence electrons. The fraction of sp³-hybridized carbons (Fsp3) is 0.273. The molecule has 1 aromatic heterocycles. The normalized spacial score (nSPS) is 17.5. The van der Waals surface area contributed by atoms with Crippen LogP contribution in [0.4, 0.5) is 11.9 Å². The molecule has 0 bridgehead atoms. The molecule has 0 saturated carbocycles. The Morgan fingerprint density at radius 3 is 2.61 bits per heavy atom. The third kappa shape index (κ3) is 4.86. The van der Waals surface area contributed by atoms with Gasteiger partial charge in [0.05, 0.1) is 12.1 Å². The second kappa shape index (κ2) is 9.18. The largest absolute Gasteiger partial charge is 0.550 e. The van der Waals surface area contributed by atoms with Crippen LogP contribution >= 0.6 is 11.6 Å². The molecule has 0 aliphatic carbocycles. The number of carboxylic acid groups (broad SMARTS) is 1. The van der Waals surface area contributed by atoms with E-state index in [2.05, 4.69) is 20.7 Å². The van der Waals surface area contributed by atoms with Gasteiger partial charge in [-0.25, -0.2) is 4.68 Å². The Labute approximate surface area is 184 Å². The van der Waals surface area contributed by atoms with Gasteiger partial charge in [-0.3, -0.25) is 10.1 Å². The minimum Gasteiger partial charge on any atom is -0.550 e. The van der Waals surface area contributed by atoms with Gasteiger partial charge < -0.3 is 15.2 Å². The number of aliphatic carboxylic acids is 1. The number of rotatable bonds is 7. The smallest absolute Gasteiger partial charge is 0.250 e. The maximum atomic E-state index is 12.1. The zero-order chi connectivity index (χ0) is 21.8. The van der Waals surface area contributed by atoms with Crippen molar-refractivity contribution in [2.75, 3.05) is 10.6 Å². The lowest BCUT2D eigenvalue weighted by Crippen LogP contribution is -2.28. The molecule has 2 heterocycles. The van der Waals surface area contributed by atoms with Crippen molar-refractivity contribution in [3.05, 3.63) is 70.7 Å². The third-order valence-electron chi connectivity index (χ3n) is 5.19. The standard InChI is InChI=1S/C22H22ClN5O3/c23-16-10-5-4-9-15(16)18-13-17(14-7-2-1-3-8-14)24-22-26-21(27-28(18)22)25-19(29)11-6-12-20(30)31/h1-5,7-10,17-18H,6,11-13H2,(H,30,31)(H2,24,25,26,27,29)/p-1/t17-,18-/m0/s1. The van der Waals surface area contributed by atoms with Gasteiger partial charge in [0.25, 0.3) is 5.95 Å². The molecular weight excluding hydrogens is 418 g/mol. The summed E-state index contributed by atoms with van der Waals surface area (Å²) in [7, 11) is 0. The second-order valence-corrected chi connectivity index (χ2v) is 7.77. The zero-order valence-corrected chi connectivity index (χ0v) is 17.4. The van der Waals surface area contributed by atoms with Gasteiger partial charge in [-0.05, 0) is 36.5 Å². The van der Waals surface area contributed by atoms with E-state index in [0.717, 1.165) is 11.1 Å². The van der Waals surface area contributed by atoms with Crippen molar-refractivity contribution in [3.63, 3.8) is 0 Å². The number of carboxylic acids is 1. The molecule has 0 spiro atoms. The molecule has 1 amide bonds. The highest BCUT2D eigenvalue weighted by Crippen LogP contribution is 2.40. The fourth-order valence-electron chi connectivity index (χ4n) is 3.72. The lowest BCUT2D eigenvalue weighted by Gasteiger charge is -2.32. The van der Waals surface area contributed by atoms with Crippen LogP contribution in [0.2, 0.25) is 5.02 Å². The second-order valence-electron chi connectivity index (χ2n) is 7.36. The van der Waals surface area contributed by atoms with Gasteiger partial charge in [-0.2, -0.15) is 4.98 Å². The SMILES string of the molecule is O=C([O-])CCCC(=O)Nc1nc2n(n1)[C@H](c1ccccc1Cl)C[C@@H](c1ccccc1)N2. The molecule has 4 rings (SSSR count). The molecule has 0 unspecified atom stereocenters. The summed E-state index contributed by atoms with van der Waals surface area (Å²) in [5.74, 6) is -0.845. The summed E-state index contributed by atoms with van der Waals surface area (Å²) < 4.78 is 1.73. The van der Waals surface area contributed by atoms with E-state index in [1.54, 1.807) is 4.68 Å². The van der Waals surface area contributed by atoms with Crippen molar-refractivity contribution < 1.29 is 14.7 Å². The number of amides is 1. The van der Waals surface area contributed by atoms with E-state index in [4.69, 9.17) is 11.6 Å². The summed E-state index contributed by atoms with van der Waals surface area (Å²) >= 11 is 6.49. The Bertz CT molecular complexity index is 1090. The van der Waals surface area contributed by atoms with Crippen LogP contribution in [0.25, 0.3) is 0 Å². The van der Waals surface area contributed by atoms with E-state index in [-0.39, 0.29) is 43.2 Å². The lowest BCUT2D eigenvalue weighted by molar-refractivity contribution is -0.305. The molecular formula is C22H21ClN5O3-. The van der Waals surface area contributed by atoms with Crippen LogP contribution in [-0.4, -0.2) is 26.6 Å². The van der Waals surface area contributed by atoms with E-state index in [1.165, 1.54) is 0 Å². The molecule has 0 fully saturated rings. The van der Waals surface area contributed by atoms with Crippen molar-refractivity contribution >= 4 is 35.4 Å². The average molecular weight is 439 g/mol. The molecule has 3 aromatic rings. The Morgan fingerprint density at radius 1 is 1.13 bits per heavy atom. The Hall–Kier alpha value is -3.39. The predicted octanol–water partition coefficient (Wildman–Crippen LogP) is 2.94. The van der Waals surface area contributed by atoms with Crippen molar-refractivity contribution in [3.8, 4) is 0 Å². The third-order valence-corrected chi connectivity index (χ3v) is 5.54. The number of carbonyl (C=O) groups excluding carboxylic acids is 2. The number of hydrogen-bond acceptors (Lipinski definition) is 6. The zero-order valence-electron chi connectivity index (χ0n) is 16.6. The fourth-order valence-corrected chi connectivity index (χ4v) is 3.98. The van der Waals surface area contributed by atoms with Crippen molar-refractivity contribution in [2.24, 2.45) is 0 Å². The van der Waals surface area contributed by atoms with Crippen molar-refractivity contribution in [2.45, 2.75) is 37.8 Å². The maximum Gasteiger partial charge on any atom is 0.250 e. The van der Waals surface area contributed by atoms with Crippen LogP contribution in [0.3, 0.4) is 0 Å². The van der Waals surface area contributed by atoms with Crippen LogP contribution in [-0.2, 0) is 9.59 Å². The first-order valence-corrected chi connectivity index (χ1v) is 10.4. The number of aromatic nitrogens is 3. The van der Waals surface area contributed by atoms with E-state index < -0.39 is 5.97 Å². The maximum absolute atomic E-state index is 12.1. The van der Waals surface area contributed by atoms with Crippen LogP contribution in [0, 0.1) is 0 Å². The van der Waals surface area contributed by atoms with Gasteiger partial charge in [0.2, 0.25) is 11.9 Å². The molecule has 9 heteroatoms. The van der Waals surface area contributed by atoms with Gasteiger partial charge in [0.1, 0.15) is 0 Å². The first-order chi connectivity index (χ1) is 15.0. The lowest BCUT2D eigenvalue weighted by atomic mass is 9.93. The van der Waals surface area contributed by atoms with Gasteiger partial charge in [-0.15, -0.1) is 5.10 Å². The number of benzene rings is 2. The quantitative estimate of drug-likeness (QED) is 0.586. The molecule has 2 N–H and O–H groups in total. The summed E-state index contributed by atoms with van der Waals surface area (Å²) in [6, 6.07) is 17.5. The molecule has 0 saturated heterocycles. The number of fused-ring (bicyclic) bond motifs is 1. The van der Waals surface area contributed by atoms with Crippen LogP contribution in [0.1, 0.15) is 48.9 Å². The summed E-state index contributed by atoms with van der Waals surface area (Å²) in [5.41, 5.74) is 2.03. The number of nitrogens with one attached hydrogen (secondary N) is 2. The Morgan fingerprint density at radius 2 is 1.87 bits per heavy atom. The van der Waals surface area contributed by atoms with Gasteiger partial charge >= 0.3 is 0 Å². The molecule has 1 aliphatic heterocycles. The van der Waals surface area contributed by atoms with Crippen molar-refractivity contribution in [1.82, 2.24) is 14.8 Å². The monoisotopic (exact) mass is 438 g/mol. The summed E-state index contributed by atoms with van der Waals surface area (Å²) in [4.78, 5) is 27.1. The molecule has 1 aliphatic rings. The minimum absolute atomic E-state index is 0.00853. The van der Waals surface area contributed by atoms with Gasteiger partial charge in [0.15, 0.2) is 0 Å². The number of carbonyl (C=O) groups is 2. The average Bonchev–Trinajstić information content (AvgIpc) is 3.16. The predicted molar refractivity (Wildman–Crippen MR) is 115 cm³/mol. The van der Waals surface area contributed by atoms with E-state index in [0.29, 0.717) is 17.4 Å². The Balaban J connectivity index is 1.61. The topological polar surface area (TPSA) is 112 Å². The van der Waals surface area contributed by atoms with E-state index >= 15 is 0 Å². The van der Waals surface area contributed by atoms with Crippen molar-refractivity contribution in [1.29, 1.82) is 0 Å². The van der Waals surface area contributed by atoms with Gasteiger partial charge in [0, 0.05) is 17.4 Å². The van der Waals surface area contributed by atoms with E-state index in [9.17, 15) is 14.7 Å². The van der Waals surface area contributed by atoms with E-state index in [1.807, 2.05) is 54.6 Å². The summed E-state index contributed by atoms with van der Waals surface area (Å²) in [5, 5.41) is 21.7.